The van der Waals surface area contributed by atoms with Gasteiger partial charge in [-0.25, -0.2) is 8.78 Å². The molecule has 0 aliphatic heterocycles. The fraction of sp³-hybridized carbons (Fsp3) is 0.424. The van der Waals surface area contributed by atoms with Crippen molar-refractivity contribution in [1.82, 2.24) is 0 Å². The van der Waals surface area contributed by atoms with Crippen molar-refractivity contribution in [3.63, 3.8) is 0 Å². The van der Waals surface area contributed by atoms with Gasteiger partial charge in [0.15, 0.2) is 40.4 Å². The van der Waals surface area contributed by atoms with Gasteiger partial charge in [-0.1, -0.05) is 0 Å². The first kappa shape index (κ1) is 33.4. The molecule has 246 valence electrons. The van der Waals surface area contributed by atoms with E-state index in [-0.39, 0.29) is 58.7 Å². The van der Waals surface area contributed by atoms with Crippen LogP contribution < -0.4 is 18.9 Å². The summed E-state index contributed by atoms with van der Waals surface area (Å²) in [6, 6.07) is 6.39. The average molecular weight is 677 g/mol. The first-order chi connectivity index (χ1) is 21.9. The second-order valence-electron chi connectivity index (χ2n) is 11.8. The molecule has 9 nitrogen and oxygen atoms in total. The van der Waals surface area contributed by atoms with Gasteiger partial charge in [-0.15, -0.1) is 22.7 Å². The maximum absolute atomic E-state index is 15.6. The molecule has 0 spiro atoms. The molecule has 46 heavy (non-hydrogen) atoms. The summed E-state index contributed by atoms with van der Waals surface area (Å²) in [6.45, 7) is 3.34. The predicted molar refractivity (Wildman–Crippen MR) is 170 cm³/mol. The zero-order valence-corrected chi connectivity index (χ0v) is 27.4. The topological polar surface area (TPSA) is 129 Å². The summed E-state index contributed by atoms with van der Waals surface area (Å²) in [5.41, 5.74) is -0.907. The van der Waals surface area contributed by atoms with E-state index in [4.69, 9.17) is 18.9 Å². The Balaban J connectivity index is 1.24. The Hall–Kier alpha value is -3.97. The molecule has 1 aliphatic rings. The Labute approximate surface area is 271 Å². The van der Waals surface area contributed by atoms with Crippen LogP contribution in [-0.2, 0) is 16.0 Å². The standard InChI is InChI=1S/C33H34F2O9S2/c1-33(2,32(39)40)9-8-16-12-19-23(45-16)14-21(41-3)29(26(19)34)43-10-5-11-44-30-22(42-4)15-24-20(27(30)35)13-25(46-24)28(36)17-6-7-18(17)31(37)38/h12-15,17-18H,5-11H2,1-4H3,(H,37,38)(H,39,40)/t17-,18-/m1/s1. The summed E-state index contributed by atoms with van der Waals surface area (Å²) < 4.78 is 54.5. The third-order valence-electron chi connectivity index (χ3n) is 8.38. The molecule has 2 heterocycles. The van der Waals surface area contributed by atoms with Crippen molar-refractivity contribution in [2.75, 3.05) is 27.4 Å². The van der Waals surface area contributed by atoms with Gasteiger partial charge < -0.3 is 29.2 Å². The van der Waals surface area contributed by atoms with Gasteiger partial charge in [-0.2, -0.15) is 0 Å². The number of hydrogen-bond donors (Lipinski definition) is 2. The first-order valence-corrected chi connectivity index (χ1v) is 16.3. The minimum absolute atomic E-state index is 0.00518. The van der Waals surface area contributed by atoms with Crippen LogP contribution in [0.25, 0.3) is 20.2 Å². The molecule has 1 fully saturated rings. The molecular formula is C33H34F2O9S2. The monoisotopic (exact) mass is 676 g/mol. The molecular weight excluding hydrogens is 642 g/mol. The fourth-order valence-electron chi connectivity index (χ4n) is 5.31. The predicted octanol–water partition coefficient (Wildman–Crippen LogP) is 7.60. The minimum atomic E-state index is -1.00. The number of methoxy groups -OCH3 is 2. The number of aliphatic carboxylic acids is 2. The highest BCUT2D eigenvalue weighted by atomic mass is 32.1. The molecule has 0 radical (unpaired) electrons. The highest BCUT2D eigenvalue weighted by molar-refractivity contribution is 7.21. The summed E-state index contributed by atoms with van der Waals surface area (Å²) in [6.07, 6.45) is 2.06. The zero-order valence-electron chi connectivity index (χ0n) is 25.7. The minimum Gasteiger partial charge on any atom is -0.493 e. The van der Waals surface area contributed by atoms with E-state index in [0.29, 0.717) is 40.5 Å². The van der Waals surface area contributed by atoms with E-state index >= 15 is 8.78 Å². The number of aryl methyl sites for hydroxylation is 1. The van der Waals surface area contributed by atoms with Crippen LogP contribution in [0.4, 0.5) is 8.78 Å². The van der Waals surface area contributed by atoms with Crippen molar-refractivity contribution in [1.29, 1.82) is 0 Å². The largest absolute Gasteiger partial charge is 0.493 e. The fourth-order valence-corrected chi connectivity index (χ4v) is 7.49. The lowest BCUT2D eigenvalue weighted by Gasteiger charge is -2.31. The van der Waals surface area contributed by atoms with Gasteiger partial charge in [-0.05, 0) is 51.7 Å². The normalized spacial score (nSPS) is 16.3. The van der Waals surface area contributed by atoms with Crippen LogP contribution in [0.2, 0.25) is 0 Å². The lowest BCUT2D eigenvalue weighted by molar-refractivity contribution is -0.147. The van der Waals surface area contributed by atoms with Crippen LogP contribution in [0, 0.1) is 28.9 Å². The van der Waals surface area contributed by atoms with Gasteiger partial charge in [0.05, 0.1) is 43.6 Å². The number of fused-ring (bicyclic) bond motifs is 2. The van der Waals surface area contributed by atoms with Crippen molar-refractivity contribution < 1.29 is 52.3 Å². The van der Waals surface area contributed by atoms with Crippen molar-refractivity contribution in [2.24, 2.45) is 17.3 Å². The molecule has 0 saturated heterocycles. The van der Waals surface area contributed by atoms with Crippen LogP contribution in [-0.4, -0.2) is 55.4 Å². The molecule has 1 saturated carbocycles. The lowest BCUT2D eigenvalue weighted by atomic mass is 9.71. The molecule has 0 unspecified atom stereocenters. The third kappa shape index (κ3) is 6.48. The summed E-state index contributed by atoms with van der Waals surface area (Å²) in [7, 11) is 2.78. The van der Waals surface area contributed by atoms with E-state index in [9.17, 15) is 24.6 Å². The SMILES string of the molecule is COc1cc2sc(CCC(C)(C)C(=O)O)cc2c(F)c1OCCCOc1c(OC)cc2sc(C(=O)[C@@H]3CC[C@H]3C(=O)O)cc2c1F. The van der Waals surface area contributed by atoms with E-state index in [1.54, 1.807) is 32.0 Å². The number of halogens is 2. The van der Waals surface area contributed by atoms with Crippen LogP contribution >= 0.6 is 22.7 Å². The molecule has 2 aromatic carbocycles. The Bertz CT molecular complexity index is 1810. The Morgan fingerprint density at radius 2 is 1.39 bits per heavy atom. The highest BCUT2D eigenvalue weighted by Gasteiger charge is 2.42. The van der Waals surface area contributed by atoms with Gasteiger partial charge in [0, 0.05) is 49.5 Å². The molecule has 0 amide bonds. The number of ether oxygens (including phenoxy) is 4. The van der Waals surface area contributed by atoms with Gasteiger partial charge in [0.25, 0.3) is 0 Å². The number of carboxylic acid groups (broad SMARTS) is 2. The molecule has 1 aliphatic carbocycles. The number of thiophene rings is 2. The number of ketones is 1. The van der Waals surface area contributed by atoms with E-state index in [2.05, 4.69) is 0 Å². The molecule has 4 aromatic rings. The Kier molecular flexibility index (Phi) is 9.73. The second kappa shape index (κ2) is 13.4. The number of carboxylic acids is 2. The second-order valence-corrected chi connectivity index (χ2v) is 14.1. The first-order valence-electron chi connectivity index (χ1n) is 14.7. The van der Waals surface area contributed by atoms with Crippen molar-refractivity contribution in [2.45, 2.75) is 46.0 Å². The molecule has 2 aromatic heterocycles. The number of carbonyl (C=O) groups is 3. The third-order valence-corrected chi connectivity index (χ3v) is 10.6. The summed E-state index contributed by atoms with van der Waals surface area (Å²) >= 11 is 2.45. The number of rotatable bonds is 15. The molecule has 2 atom stereocenters. The van der Waals surface area contributed by atoms with E-state index in [0.717, 1.165) is 16.2 Å². The van der Waals surface area contributed by atoms with Crippen molar-refractivity contribution >= 4 is 60.6 Å². The smallest absolute Gasteiger partial charge is 0.309 e. The van der Waals surface area contributed by atoms with Crippen LogP contribution in [0.1, 0.15) is 54.1 Å². The number of hydrogen-bond acceptors (Lipinski definition) is 9. The summed E-state index contributed by atoms with van der Waals surface area (Å²) in [5, 5.41) is 19.2. The molecule has 5 rings (SSSR count). The van der Waals surface area contributed by atoms with Gasteiger partial charge >= 0.3 is 11.9 Å². The zero-order chi connectivity index (χ0) is 33.3. The lowest BCUT2D eigenvalue weighted by Crippen LogP contribution is -2.37. The van der Waals surface area contributed by atoms with Gasteiger partial charge in [0.2, 0.25) is 0 Å². The van der Waals surface area contributed by atoms with E-state index in [1.807, 2.05) is 0 Å². The van der Waals surface area contributed by atoms with Gasteiger partial charge in [0.1, 0.15) is 0 Å². The van der Waals surface area contributed by atoms with E-state index in [1.165, 1.54) is 31.6 Å². The van der Waals surface area contributed by atoms with Crippen LogP contribution in [0.15, 0.2) is 24.3 Å². The molecule has 13 heteroatoms. The van der Waals surface area contributed by atoms with Crippen LogP contribution in [0.3, 0.4) is 0 Å². The number of carbonyl (C=O) groups excluding carboxylic acids is 1. The van der Waals surface area contributed by atoms with Crippen molar-refractivity contribution in [3.8, 4) is 23.0 Å². The quantitative estimate of drug-likeness (QED) is 0.0966. The van der Waals surface area contributed by atoms with Crippen LogP contribution in [0.5, 0.6) is 23.0 Å². The average Bonchev–Trinajstić information content (AvgIpc) is 3.61. The highest BCUT2D eigenvalue weighted by Crippen LogP contribution is 2.44. The van der Waals surface area contributed by atoms with Crippen molar-refractivity contribution in [3.05, 3.63) is 45.7 Å². The molecule has 0 bridgehead atoms. The maximum Gasteiger partial charge on any atom is 0.309 e. The summed E-state index contributed by atoms with van der Waals surface area (Å²) in [5.74, 6) is -4.69. The summed E-state index contributed by atoms with van der Waals surface area (Å²) in [4.78, 5) is 36.9. The number of benzene rings is 2. The van der Waals surface area contributed by atoms with Gasteiger partial charge in [-0.3, -0.25) is 14.4 Å². The Morgan fingerprint density at radius 3 is 1.89 bits per heavy atom. The molecule has 2 N–H and O–H groups in total. The Morgan fingerprint density at radius 1 is 0.848 bits per heavy atom. The maximum atomic E-state index is 15.6. The number of Topliss-reactive ketones (excluding diaryl/α,β-unsaturated/α-hetero) is 1. The van der Waals surface area contributed by atoms with E-state index < -0.39 is 40.8 Å².